The van der Waals surface area contributed by atoms with Gasteiger partial charge in [0.15, 0.2) is 0 Å². The summed E-state index contributed by atoms with van der Waals surface area (Å²) in [4.78, 5) is 11.7. The SMILES string of the molecule is CCC(=O)Oc1cccc(CC)c1COc1cc(Cl)c(C)cc1C(F)F. The number of benzene rings is 2. The predicted octanol–water partition coefficient (Wildman–Crippen LogP) is 6.04. The van der Waals surface area contributed by atoms with E-state index in [1.165, 1.54) is 12.1 Å². The zero-order chi connectivity index (χ0) is 19.3. The van der Waals surface area contributed by atoms with E-state index < -0.39 is 6.43 Å². The molecule has 2 rings (SSSR count). The number of aryl methyl sites for hydroxylation is 2. The average Bonchev–Trinajstić information content (AvgIpc) is 2.62. The van der Waals surface area contributed by atoms with Gasteiger partial charge in [-0.1, -0.05) is 37.6 Å². The lowest BCUT2D eigenvalue weighted by atomic mass is 10.0. The molecule has 0 aliphatic carbocycles. The molecule has 0 amide bonds. The Hall–Kier alpha value is -2.14. The number of carbonyl (C=O) groups excluding carboxylic acids is 1. The van der Waals surface area contributed by atoms with Crippen LogP contribution in [0.2, 0.25) is 5.02 Å². The van der Waals surface area contributed by atoms with Gasteiger partial charge in [0.1, 0.15) is 18.1 Å². The van der Waals surface area contributed by atoms with Crippen molar-refractivity contribution in [1.29, 1.82) is 0 Å². The minimum Gasteiger partial charge on any atom is -0.488 e. The molecule has 0 aliphatic heterocycles. The molecule has 0 radical (unpaired) electrons. The standard InChI is InChI=1S/C20H21ClF2O3/c1-4-13-7-6-8-17(26-19(24)5-2)15(13)11-25-18-10-16(21)12(3)9-14(18)20(22)23/h6-10,20H,4-5,11H2,1-3H3. The summed E-state index contributed by atoms with van der Waals surface area (Å²) in [7, 11) is 0. The van der Waals surface area contributed by atoms with E-state index in [0.717, 1.165) is 5.56 Å². The van der Waals surface area contributed by atoms with Crippen molar-refractivity contribution in [3.8, 4) is 11.5 Å². The number of carbonyl (C=O) groups is 1. The molecule has 0 aliphatic rings. The van der Waals surface area contributed by atoms with Gasteiger partial charge in [-0.15, -0.1) is 0 Å². The minimum atomic E-state index is -2.68. The van der Waals surface area contributed by atoms with Gasteiger partial charge in [-0.2, -0.15) is 0 Å². The molecule has 140 valence electrons. The lowest BCUT2D eigenvalue weighted by Crippen LogP contribution is -2.10. The molecule has 0 N–H and O–H groups in total. The molecule has 2 aromatic carbocycles. The van der Waals surface area contributed by atoms with Crippen molar-refractivity contribution in [2.45, 2.75) is 46.6 Å². The van der Waals surface area contributed by atoms with Gasteiger partial charge in [0.25, 0.3) is 6.43 Å². The summed E-state index contributed by atoms with van der Waals surface area (Å²) >= 11 is 6.06. The predicted molar refractivity (Wildman–Crippen MR) is 97.2 cm³/mol. The molecule has 2 aromatic rings. The molecule has 0 bridgehead atoms. The molecule has 0 unspecified atom stereocenters. The minimum absolute atomic E-state index is 0.00451. The van der Waals surface area contributed by atoms with E-state index in [2.05, 4.69) is 0 Å². The van der Waals surface area contributed by atoms with Gasteiger partial charge in [0, 0.05) is 17.0 Å². The Morgan fingerprint density at radius 2 is 1.92 bits per heavy atom. The van der Waals surface area contributed by atoms with Gasteiger partial charge in [-0.05, 0) is 42.7 Å². The highest BCUT2D eigenvalue weighted by atomic mass is 35.5. The molecule has 0 aromatic heterocycles. The van der Waals surface area contributed by atoms with Crippen LogP contribution in [0.4, 0.5) is 8.78 Å². The van der Waals surface area contributed by atoms with E-state index in [1.54, 1.807) is 26.0 Å². The summed E-state index contributed by atoms with van der Waals surface area (Å²) in [5.74, 6) is 0.0356. The van der Waals surface area contributed by atoms with Crippen LogP contribution in [-0.4, -0.2) is 5.97 Å². The molecule has 0 atom stereocenters. The fraction of sp³-hybridized carbons (Fsp3) is 0.350. The summed E-state index contributed by atoms with van der Waals surface area (Å²) in [6, 6.07) is 8.06. The van der Waals surface area contributed by atoms with Crippen molar-refractivity contribution in [3.63, 3.8) is 0 Å². The molecular formula is C20H21ClF2O3. The van der Waals surface area contributed by atoms with Crippen LogP contribution in [0.25, 0.3) is 0 Å². The third kappa shape index (κ3) is 4.73. The Kier molecular flexibility index (Phi) is 6.98. The smallest absolute Gasteiger partial charge is 0.310 e. The van der Waals surface area contributed by atoms with E-state index in [-0.39, 0.29) is 30.3 Å². The highest BCUT2D eigenvalue weighted by Gasteiger charge is 2.18. The maximum Gasteiger partial charge on any atom is 0.310 e. The van der Waals surface area contributed by atoms with Crippen LogP contribution in [-0.2, 0) is 17.8 Å². The fourth-order valence-electron chi connectivity index (χ4n) is 2.53. The Bertz CT molecular complexity index is 791. The molecule has 26 heavy (non-hydrogen) atoms. The first-order valence-electron chi connectivity index (χ1n) is 8.39. The highest BCUT2D eigenvalue weighted by Crippen LogP contribution is 2.35. The van der Waals surface area contributed by atoms with Crippen LogP contribution in [0.3, 0.4) is 0 Å². The first-order chi connectivity index (χ1) is 12.4. The first-order valence-corrected chi connectivity index (χ1v) is 8.77. The number of halogens is 3. The topological polar surface area (TPSA) is 35.5 Å². The number of hydrogen-bond acceptors (Lipinski definition) is 3. The molecule has 0 saturated heterocycles. The molecular weight excluding hydrogens is 362 g/mol. The molecule has 0 spiro atoms. The summed E-state index contributed by atoms with van der Waals surface area (Å²) in [5.41, 5.74) is 1.92. The molecule has 0 fully saturated rings. The van der Waals surface area contributed by atoms with Crippen molar-refractivity contribution >= 4 is 17.6 Å². The van der Waals surface area contributed by atoms with Gasteiger partial charge in [-0.3, -0.25) is 4.79 Å². The summed E-state index contributed by atoms with van der Waals surface area (Å²) in [6.07, 6.45) is -1.76. The Morgan fingerprint density at radius 1 is 1.19 bits per heavy atom. The number of rotatable bonds is 7. The molecule has 6 heteroatoms. The van der Waals surface area contributed by atoms with Gasteiger partial charge in [0.2, 0.25) is 0 Å². The van der Waals surface area contributed by atoms with Gasteiger partial charge >= 0.3 is 5.97 Å². The van der Waals surface area contributed by atoms with E-state index in [1.807, 2.05) is 13.0 Å². The maximum absolute atomic E-state index is 13.3. The molecule has 0 saturated carbocycles. The zero-order valence-corrected chi connectivity index (χ0v) is 15.7. The van der Waals surface area contributed by atoms with Gasteiger partial charge in [0.05, 0.1) is 5.56 Å². The van der Waals surface area contributed by atoms with E-state index >= 15 is 0 Å². The van der Waals surface area contributed by atoms with Crippen LogP contribution in [0.15, 0.2) is 30.3 Å². The van der Waals surface area contributed by atoms with E-state index in [0.29, 0.717) is 28.3 Å². The lowest BCUT2D eigenvalue weighted by molar-refractivity contribution is -0.134. The van der Waals surface area contributed by atoms with Gasteiger partial charge in [-0.25, -0.2) is 8.78 Å². The highest BCUT2D eigenvalue weighted by molar-refractivity contribution is 6.31. The second-order valence-corrected chi connectivity index (χ2v) is 6.21. The van der Waals surface area contributed by atoms with Crippen molar-refractivity contribution in [2.75, 3.05) is 0 Å². The second-order valence-electron chi connectivity index (χ2n) is 5.80. The van der Waals surface area contributed by atoms with Gasteiger partial charge < -0.3 is 9.47 Å². The number of esters is 1. The summed E-state index contributed by atoms with van der Waals surface area (Å²) in [5, 5.41) is 0.353. The summed E-state index contributed by atoms with van der Waals surface area (Å²) in [6.45, 7) is 5.31. The van der Waals surface area contributed by atoms with Crippen LogP contribution < -0.4 is 9.47 Å². The van der Waals surface area contributed by atoms with Crippen molar-refractivity contribution < 1.29 is 23.0 Å². The lowest BCUT2D eigenvalue weighted by Gasteiger charge is -2.17. The number of alkyl halides is 2. The van der Waals surface area contributed by atoms with Crippen molar-refractivity contribution in [1.82, 2.24) is 0 Å². The third-order valence-corrected chi connectivity index (χ3v) is 4.43. The van der Waals surface area contributed by atoms with Crippen LogP contribution in [0, 0.1) is 6.92 Å². The van der Waals surface area contributed by atoms with Crippen molar-refractivity contribution in [2.24, 2.45) is 0 Å². The Labute approximate surface area is 156 Å². The molecule has 3 nitrogen and oxygen atoms in total. The largest absolute Gasteiger partial charge is 0.488 e. The zero-order valence-electron chi connectivity index (χ0n) is 14.9. The quantitative estimate of drug-likeness (QED) is 0.432. The number of hydrogen-bond donors (Lipinski definition) is 0. The Balaban J connectivity index is 2.35. The Morgan fingerprint density at radius 3 is 2.54 bits per heavy atom. The van der Waals surface area contributed by atoms with Crippen LogP contribution in [0.5, 0.6) is 11.5 Å². The maximum atomic E-state index is 13.3. The van der Waals surface area contributed by atoms with Crippen molar-refractivity contribution in [3.05, 3.63) is 57.6 Å². The van der Waals surface area contributed by atoms with Crippen LogP contribution in [0.1, 0.15) is 48.9 Å². The van der Waals surface area contributed by atoms with E-state index in [4.69, 9.17) is 21.1 Å². The second kappa shape index (κ2) is 8.99. The summed E-state index contributed by atoms with van der Waals surface area (Å²) < 4.78 is 37.6. The monoisotopic (exact) mass is 382 g/mol. The molecule has 0 heterocycles. The normalized spacial score (nSPS) is 10.9. The van der Waals surface area contributed by atoms with E-state index in [9.17, 15) is 13.6 Å². The average molecular weight is 383 g/mol. The van der Waals surface area contributed by atoms with Crippen LogP contribution >= 0.6 is 11.6 Å². The first kappa shape index (κ1) is 20.2. The fourth-order valence-corrected chi connectivity index (χ4v) is 2.68. The third-order valence-electron chi connectivity index (χ3n) is 4.02. The number of ether oxygens (including phenoxy) is 2.